The van der Waals surface area contributed by atoms with Crippen LogP contribution in [0.1, 0.15) is 18.1 Å². The van der Waals surface area contributed by atoms with Crippen molar-refractivity contribution in [1.29, 1.82) is 0 Å². The Hall–Kier alpha value is -2.79. The molecule has 0 atom stereocenters. The summed E-state index contributed by atoms with van der Waals surface area (Å²) < 4.78 is 2.11. The van der Waals surface area contributed by atoms with Gasteiger partial charge in [0.1, 0.15) is 0 Å². The Morgan fingerprint density at radius 3 is 2.71 bits per heavy atom. The second-order valence-corrected chi connectivity index (χ2v) is 5.96. The predicted octanol–water partition coefficient (Wildman–Crippen LogP) is 4.85. The minimum Gasteiger partial charge on any atom is -0.250 e. The van der Waals surface area contributed by atoms with Gasteiger partial charge < -0.3 is 0 Å². The van der Waals surface area contributed by atoms with Gasteiger partial charge in [-0.3, -0.25) is 0 Å². The summed E-state index contributed by atoms with van der Waals surface area (Å²) in [7, 11) is 0. The van der Waals surface area contributed by atoms with Crippen LogP contribution in [0.5, 0.6) is 0 Å². The van der Waals surface area contributed by atoms with E-state index in [1.165, 1.54) is 0 Å². The number of aryl methyl sites for hydroxylation is 1. The van der Waals surface area contributed by atoms with E-state index in [1.807, 2.05) is 50.2 Å². The number of benzene rings is 2. The summed E-state index contributed by atoms with van der Waals surface area (Å²) in [5.41, 5.74) is 4.30. The quantitative estimate of drug-likeness (QED) is 0.547. The summed E-state index contributed by atoms with van der Waals surface area (Å²) in [6, 6.07) is 18.2. The fraction of sp³-hybridized carbons (Fsp3) is 0.105. The van der Waals surface area contributed by atoms with Crippen LogP contribution in [0.15, 0.2) is 65.3 Å². The van der Waals surface area contributed by atoms with Crippen LogP contribution >= 0.6 is 12.2 Å². The average Bonchev–Trinajstić information content (AvgIpc) is 2.95. The van der Waals surface area contributed by atoms with Gasteiger partial charge in [0.2, 0.25) is 4.77 Å². The monoisotopic (exact) mass is 334 g/mol. The number of rotatable bonds is 4. The van der Waals surface area contributed by atoms with Gasteiger partial charge in [-0.2, -0.15) is 14.9 Å². The van der Waals surface area contributed by atoms with Gasteiger partial charge in [-0.05, 0) is 43.3 Å². The minimum absolute atomic E-state index is 0.468. The van der Waals surface area contributed by atoms with Crippen LogP contribution in [0.25, 0.3) is 17.5 Å². The van der Waals surface area contributed by atoms with E-state index in [4.69, 9.17) is 12.2 Å². The van der Waals surface area contributed by atoms with Gasteiger partial charge in [-0.1, -0.05) is 60.2 Å². The second kappa shape index (κ2) is 7.19. The highest BCUT2D eigenvalue weighted by Gasteiger charge is 2.07. The van der Waals surface area contributed by atoms with E-state index < -0.39 is 0 Å². The number of hydrogen-bond donors (Lipinski definition) is 1. The maximum absolute atomic E-state index is 5.30. The molecule has 0 radical (unpaired) electrons. The molecule has 4 nitrogen and oxygen atoms in total. The molecule has 1 heterocycles. The lowest BCUT2D eigenvalue weighted by Crippen LogP contribution is -1.95. The lowest BCUT2D eigenvalue weighted by molar-refractivity contribution is 0.871. The molecule has 0 aliphatic rings. The maximum Gasteiger partial charge on any atom is 0.216 e. The third-order valence-corrected chi connectivity index (χ3v) is 3.76. The molecule has 5 heteroatoms. The smallest absolute Gasteiger partial charge is 0.216 e. The minimum atomic E-state index is 0.468. The van der Waals surface area contributed by atoms with Crippen LogP contribution in [0.4, 0.5) is 0 Å². The number of nitrogens with zero attached hydrogens (tertiary/aromatic N) is 3. The first-order valence-corrected chi connectivity index (χ1v) is 8.06. The molecule has 0 fully saturated rings. The molecule has 0 bridgehead atoms. The fourth-order valence-electron chi connectivity index (χ4n) is 2.37. The van der Waals surface area contributed by atoms with Crippen molar-refractivity contribution < 1.29 is 0 Å². The molecule has 0 spiro atoms. The van der Waals surface area contributed by atoms with Crippen LogP contribution in [0, 0.1) is 11.7 Å². The van der Waals surface area contributed by atoms with Gasteiger partial charge in [0, 0.05) is 5.56 Å². The third kappa shape index (κ3) is 3.75. The van der Waals surface area contributed by atoms with Crippen LogP contribution in [-0.4, -0.2) is 21.1 Å². The van der Waals surface area contributed by atoms with E-state index in [2.05, 4.69) is 39.6 Å². The van der Waals surface area contributed by atoms with Crippen molar-refractivity contribution in [3.05, 3.63) is 76.1 Å². The molecule has 2 aromatic carbocycles. The van der Waals surface area contributed by atoms with Crippen molar-refractivity contribution in [2.24, 2.45) is 5.10 Å². The normalized spacial score (nSPS) is 12.0. The Morgan fingerprint density at radius 2 is 1.96 bits per heavy atom. The zero-order valence-electron chi connectivity index (χ0n) is 13.6. The van der Waals surface area contributed by atoms with Crippen molar-refractivity contribution in [2.45, 2.75) is 13.8 Å². The molecule has 1 aromatic heterocycles. The molecule has 0 amide bonds. The van der Waals surface area contributed by atoms with Crippen LogP contribution in [-0.2, 0) is 0 Å². The van der Waals surface area contributed by atoms with E-state index in [-0.39, 0.29) is 0 Å². The molecular formula is C19H18N4S. The van der Waals surface area contributed by atoms with Crippen molar-refractivity contribution in [3.63, 3.8) is 0 Å². The van der Waals surface area contributed by atoms with Gasteiger partial charge >= 0.3 is 0 Å². The zero-order chi connectivity index (χ0) is 16.9. The highest BCUT2D eigenvalue weighted by molar-refractivity contribution is 7.71. The molecule has 0 saturated carbocycles. The average molecular weight is 334 g/mol. The summed E-state index contributed by atoms with van der Waals surface area (Å²) in [6.45, 7) is 4.05. The van der Waals surface area contributed by atoms with E-state index in [0.29, 0.717) is 10.6 Å². The van der Waals surface area contributed by atoms with Gasteiger partial charge in [-0.15, -0.1) is 0 Å². The summed E-state index contributed by atoms with van der Waals surface area (Å²) >= 11 is 5.30. The Bertz CT molecular complexity index is 949. The molecule has 3 rings (SSSR count). The first kappa shape index (κ1) is 16.1. The summed E-state index contributed by atoms with van der Waals surface area (Å²) in [5, 5.41) is 11.6. The number of aromatic nitrogens is 3. The number of nitrogens with one attached hydrogen (secondary N) is 1. The zero-order valence-corrected chi connectivity index (χ0v) is 14.4. The number of aromatic amines is 1. The highest BCUT2D eigenvalue weighted by Crippen LogP contribution is 2.18. The molecule has 0 unspecified atom stereocenters. The SMILES string of the molecule is CC(C=Nn1c(-c2cccc(C)c2)n[nH]c1=S)=Cc1ccccc1. The molecular weight excluding hydrogens is 316 g/mol. The molecule has 0 aliphatic carbocycles. The molecule has 24 heavy (non-hydrogen) atoms. The van der Waals surface area contributed by atoms with Gasteiger partial charge in [-0.25, -0.2) is 5.10 Å². The van der Waals surface area contributed by atoms with Crippen molar-refractivity contribution >= 4 is 24.5 Å². The lowest BCUT2D eigenvalue weighted by atomic mass is 10.1. The first-order valence-electron chi connectivity index (χ1n) is 7.65. The molecule has 1 N–H and O–H groups in total. The second-order valence-electron chi connectivity index (χ2n) is 5.58. The number of hydrogen-bond acceptors (Lipinski definition) is 3. The topological polar surface area (TPSA) is 46.0 Å². The number of allylic oxidation sites excluding steroid dienone is 1. The maximum atomic E-state index is 5.30. The van der Waals surface area contributed by atoms with Crippen molar-refractivity contribution in [2.75, 3.05) is 0 Å². The molecule has 120 valence electrons. The van der Waals surface area contributed by atoms with Crippen LogP contribution < -0.4 is 0 Å². The van der Waals surface area contributed by atoms with E-state index in [9.17, 15) is 0 Å². The standard InChI is InChI=1S/C19H18N4S/c1-14-7-6-10-17(12-14)18-21-22-19(24)23(18)20-13-15(2)11-16-8-4-3-5-9-16/h3-13H,1-2H3,(H,22,24). The van der Waals surface area contributed by atoms with E-state index in [1.54, 1.807) is 10.9 Å². The Kier molecular flexibility index (Phi) is 4.82. The molecule has 3 aromatic rings. The predicted molar refractivity (Wildman–Crippen MR) is 102 cm³/mol. The van der Waals surface area contributed by atoms with Gasteiger partial charge in [0.15, 0.2) is 5.82 Å². The van der Waals surface area contributed by atoms with Gasteiger partial charge in [0.05, 0.1) is 6.21 Å². The summed E-state index contributed by atoms with van der Waals surface area (Å²) in [5.74, 6) is 0.701. The first-order chi connectivity index (χ1) is 11.6. The summed E-state index contributed by atoms with van der Waals surface area (Å²) in [4.78, 5) is 0. The van der Waals surface area contributed by atoms with E-state index in [0.717, 1.165) is 22.3 Å². The molecule has 0 aliphatic heterocycles. The highest BCUT2D eigenvalue weighted by atomic mass is 32.1. The Morgan fingerprint density at radius 1 is 1.17 bits per heavy atom. The summed E-state index contributed by atoms with van der Waals surface area (Å²) in [6.07, 6.45) is 3.86. The van der Waals surface area contributed by atoms with E-state index >= 15 is 0 Å². The lowest BCUT2D eigenvalue weighted by Gasteiger charge is -2.02. The third-order valence-electron chi connectivity index (χ3n) is 3.50. The van der Waals surface area contributed by atoms with Crippen molar-refractivity contribution in [3.8, 4) is 11.4 Å². The van der Waals surface area contributed by atoms with Gasteiger partial charge in [0.25, 0.3) is 0 Å². The van der Waals surface area contributed by atoms with Crippen LogP contribution in [0.2, 0.25) is 0 Å². The Balaban J connectivity index is 1.92. The Labute approximate surface area is 146 Å². The van der Waals surface area contributed by atoms with Crippen LogP contribution in [0.3, 0.4) is 0 Å². The largest absolute Gasteiger partial charge is 0.250 e. The van der Waals surface area contributed by atoms with Crippen molar-refractivity contribution in [1.82, 2.24) is 14.9 Å². The number of H-pyrrole nitrogens is 1. The fourth-order valence-corrected chi connectivity index (χ4v) is 2.55. The molecule has 0 saturated heterocycles.